The van der Waals surface area contributed by atoms with Crippen LogP contribution in [-0.4, -0.2) is 25.9 Å². The molecule has 0 heterocycles. The van der Waals surface area contributed by atoms with Crippen molar-refractivity contribution in [3.63, 3.8) is 0 Å². The van der Waals surface area contributed by atoms with Crippen molar-refractivity contribution in [2.24, 2.45) is 0 Å². The summed E-state index contributed by atoms with van der Waals surface area (Å²) in [7, 11) is 0. The van der Waals surface area contributed by atoms with E-state index in [-0.39, 0.29) is 5.78 Å². The number of Topliss-reactive ketones (excluding diaryl/α,β-unsaturated/α-hetero) is 1. The minimum atomic E-state index is 0.166. The number of hydrogen-bond acceptors (Lipinski definition) is 2. The summed E-state index contributed by atoms with van der Waals surface area (Å²) in [6.45, 7) is 1.61. The van der Waals surface area contributed by atoms with E-state index in [1.807, 2.05) is 36.4 Å². The van der Waals surface area contributed by atoms with Crippen LogP contribution in [0.2, 0.25) is 0 Å². The Balaban J connectivity index is 2.20. The van der Waals surface area contributed by atoms with Crippen molar-refractivity contribution in [1.82, 2.24) is 0 Å². The summed E-state index contributed by atoms with van der Waals surface area (Å²) in [6, 6.07) is 16.1. The molecule has 1 N–H and O–H groups in total. The van der Waals surface area contributed by atoms with Crippen molar-refractivity contribution in [2.45, 2.75) is 13.3 Å². The van der Waals surface area contributed by atoms with Gasteiger partial charge in [-0.2, -0.15) is 0 Å². The van der Waals surface area contributed by atoms with Gasteiger partial charge in [-0.3, -0.25) is 0 Å². The van der Waals surface area contributed by atoms with Crippen molar-refractivity contribution in [2.75, 3.05) is 5.32 Å². The van der Waals surface area contributed by atoms with E-state index in [4.69, 9.17) is 0 Å². The molecule has 0 fully saturated rings. The van der Waals surface area contributed by atoms with E-state index >= 15 is 0 Å². The standard InChI is InChI=1S/C16H14INOSe/c1-11(19)10-12-4-2-3-5-15(12)16(20)18-14-8-6-13(17)7-9-14/h2-9H,10H2,1H3,(H,18,20). The summed E-state index contributed by atoms with van der Waals surface area (Å²) >= 11 is 5.34. The molecule has 0 spiro atoms. The summed E-state index contributed by atoms with van der Waals surface area (Å²) < 4.78 is 2.13. The predicted molar refractivity (Wildman–Crippen MR) is 93.5 cm³/mol. The second-order valence-corrected chi connectivity index (χ2v) is 6.60. The Morgan fingerprint density at radius 1 is 1.15 bits per heavy atom. The van der Waals surface area contributed by atoms with Crippen LogP contribution < -0.4 is 5.32 Å². The number of nitrogens with one attached hydrogen (secondary N) is 1. The zero-order valence-electron chi connectivity index (χ0n) is 11.0. The van der Waals surface area contributed by atoms with Crippen molar-refractivity contribution < 1.29 is 4.79 Å². The zero-order valence-corrected chi connectivity index (χ0v) is 14.9. The summed E-state index contributed by atoms with van der Waals surface area (Å²) in [5.41, 5.74) is 3.10. The van der Waals surface area contributed by atoms with Crippen molar-refractivity contribution in [3.8, 4) is 0 Å². The van der Waals surface area contributed by atoms with Gasteiger partial charge < -0.3 is 0 Å². The number of carbonyl (C=O) groups is 1. The Bertz CT molecular complexity index is 637. The van der Waals surface area contributed by atoms with Gasteiger partial charge in [0, 0.05) is 0 Å². The van der Waals surface area contributed by atoms with Crippen LogP contribution in [0.15, 0.2) is 48.5 Å². The molecule has 0 atom stereocenters. The van der Waals surface area contributed by atoms with Crippen LogP contribution in [0.3, 0.4) is 0 Å². The molecule has 0 bridgehead atoms. The molecular weight excluding hydrogens is 428 g/mol. The molecule has 2 nitrogen and oxygen atoms in total. The Morgan fingerprint density at radius 3 is 2.45 bits per heavy atom. The number of benzene rings is 2. The van der Waals surface area contributed by atoms with Gasteiger partial charge in [-0.25, -0.2) is 0 Å². The van der Waals surface area contributed by atoms with Crippen LogP contribution in [0, 0.1) is 3.57 Å². The molecule has 2 aromatic carbocycles. The molecule has 0 radical (unpaired) electrons. The Hall–Kier alpha value is -0.971. The first kappa shape index (κ1) is 15.4. The van der Waals surface area contributed by atoms with Crippen LogP contribution in [0.25, 0.3) is 0 Å². The Labute approximate surface area is 140 Å². The van der Waals surface area contributed by atoms with Gasteiger partial charge in [-0.05, 0) is 0 Å². The first-order valence-corrected chi connectivity index (χ1v) is 8.14. The first-order valence-electron chi connectivity index (χ1n) is 6.20. The summed E-state index contributed by atoms with van der Waals surface area (Å²) in [6.07, 6.45) is 0.454. The Morgan fingerprint density at radius 2 is 1.80 bits per heavy atom. The van der Waals surface area contributed by atoms with E-state index in [1.165, 1.54) is 3.57 Å². The second kappa shape index (κ2) is 7.16. The fourth-order valence-electron chi connectivity index (χ4n) is 1.90. The third-order valence-electron chi connectivity index (χ3n) is 2.80. The van der Waals surface area contributed by atoms with Gasteiger partial charge in [0.05, 0.1) is 0 Å². The van der Waals surface area contributed by atoms with E-state index in [0.29, 0.717) is 6.42 Å². The van der Waals surface area contributed by atoms with E-state index in [2.05, 4.69) is 55.6 Å². The zero-order chi connectivity index (χ0) is 14.5. The molecular formula is C16H14INOSe. The van der Waals surface area contributed by atoms with Crippen molar-refractivity contribution >= 4 is 54.2 Å². The molecule has 102 valence electrons. The van der Waals surface area contributed by atoms with Crippen molar-refractivity contribution in [1.29, 1.82) is 0 Å². The molecule has 0 aliphatic heterocycles. The van der Waals surface area contributed by atoms with Gasteiger partial charge in [-0.1, -0.05) is 0 Å². The number of anilines is 1. The molecule has 0 aliphatic rings. The molecule has 0 unspecified atom stereocenters. The topological polar surface area (TPSA) is 29.1 Å². The fourth-order valence-corrected chi connectivity index (χ4v) is 2.92. The minimum absolute atomic E-state index is 0.166. The molecule has 4 heteroatoms. The van der Waals surface area contributed by atoms with E-state index in [9.17, 15) is 4.79 Å². The van der Waals surface area contributed by atoms with Crippen LogP contribution in [0.1, 0.15) is 18.1 Å². The number of hydrogen-bond donors (Lipinski definition) is 1. The molecule has 20 heavy (non-hydrogen) atoms. The molecule has 0 saturated carbocycles. The third kappa shape index (κ3) is 4.27. The van der Waals surface area contributed by atoms with Crippen LogP contribution in [0.4, 0.5) is 5.69 Å². The van der Waals surface area contributed by atoms with Crippen LogP contribution >= 0.6 is 22.6 Å². The molecule has 0 aliphatic carbocycles. The quantitative estimate of drug-likeness (QED) is 0.570. The molecule has 0 aromatic heterocycles. The van der Waals surface area contributed by atoms with Gasteiger partial charge >= 0.3 is 141 Å². The van der Waals surface area contributed by atoms with E-state index in [0.717, 1.165) is 21.4 Å². The molecule has 0 amide bonds. The molecule has 2 aromatic rings. The van der Waals surface area contributed by atoms with E-state index in [1.54, 1.807) is 6.92 Å². The predicted octanol–water partition coefficient (Wildman–Crippen LogP) is 3.18. The van der Waals surface area contributed by atoms with Gasteiger partial charge in [-0.15, -0.1) is 0 Å². The Kier molecular flexibility index (Phi) is 5.52. The molecule has 0 saturated heterocycles. The fraction of sp³-hybridized carbons (Fsp3) is 0.125. The van der Waals surface area contributed by atoms with Crippen molar-refractivity contribution in [3.05, 3.63) is 63.2 Å². The summed E-state index contributed by atoms with van der Waals surface area (Å²) in [4.78, 5) is 11.3. The number of ketones is 1. The second-order valence-electron chi connectivity index (χ2n) is 4.50. The summed E-state index contributed by atoms with van der Waals surface area (Å²) in [5, 5.41) is 3.35. The van der Waals surface area contributed by atoms with Crippen LogP contribution in [-0.2, 0) is 11.2 Å². The third-order valence-corrected chi connectivity index (χ3v) is 4.20. The van der Waals surface area contributed by atoms with Crippen LogP contribution in [0.5, 0.6) is 0 Å². The van der Waals surface area contributed by atoms with Gasteiger partial charge in [0.1, 0.15) is 0 Å². The number of carbonyl (C=O) groups excluding carboxylic acids is 1. The normalized spacial score (nSPS) is 10.1. The maximum atomic E-state index is 11.3. The maximum absolute atomic E-state index is 11.3. The number of rotatable bonds is 5. The molecule has 2 rings (SSSR count). The first-order chi connectivity index (χ1) is 9.56. The van der Waals surface area contributed by atoms with Gasteiger partial charge in [0.25, 0.3) is 0 Å². The average Bonchev–Trinajstić information content (AvgIpc) is 2.41. The monoisotopic (exact) mass is 443 g/mol. The number of halogens is 1. The van der Waals surface area contributed by atoms with Gasteiger partial charge in [0.2, 0.25) is 0 Å². The average molecular weight is 442 g/mol. The SMILES string of the molecule is CC(=O)Cc1ccccc1C(=[Se])Nc1ccc(I)cc1. The summed E-state index contributed by atoms with van der Waals surface area (Å²) in [5.74, 6) is 0.166. The van der Waals surface area contributed by atoms with Gasteiger partial charge in [0.15, 0.2) is 0 Å². The van der Waals surface area contributed by atoms with E-state index < -0.39 is 0 Å².